The van der Waals surface area contributed by atoms with E-state index in [2.05, 4.69) is 10.6 Å². The average molecular weight is 419 g/mol. The molecule has 0 atom stereocenters. The van der Waals surface area contributed by atoms with Crippen LogP contribution >= 0.6 is 0 Å². The van der Waals surface area contributed by atoms with Crippen molar-refractivity contribution >= 4 is 45.5 Å². The highest BCUT2D eigenvalue weighted by Crippen LogP contribution is 2.22. The molecule has 32 heavy (non-hydrogen) atoms. The average Bonchev–Trinajstić information content (AvgIpc) is 2.83. The third-order valence-corrected chi connectivity index (χ3v) is 4.98. The van der Waals surface area contributed by atoms with Gasteiger partial charge in [0.2, 0.25) is 0 Å². The van der Waals surface area contributed by atoms with Crippen LogP contribution in [0.5, 0.6) is 0 Å². The fourth-order valence-corrected chi connectivity index (χ4v) is 3.16. The van der Waals surface area contributed by atoms with Crippen molar-refractivity contribution in [3.8, 4) is 0 Å². The van der Waals surface area contributed by atoms with Crippen molar-refractivity contribution in [2.45, 2.75) is 13.8 Å². The summed E-state index contributed by atoms with van der Waals surface area (Å²) in [6.07, 6.45) is 0. The van der Waals surface area contributed by atoms with Gasteiger partial charge in [0, 0.05) is 22.7 Å². The predicted octanol–water partition coefficient (Wildman–Crippen LogP) is 8.06. The van der Waals surface area contributed by atoms with Gasteiger partial charge in [0.15, 0.2) is 0 Å². The lowest BCUT2D eigenvalue weighted by atomic mass is 10.2. The van der Waals surface area contributed by atoms with Crippen LogP contribution in [0.1, 0.15) is 13.8 Å². The summed E-state index contributed by atoms with van der Waals surface area (Å²) in [5, 5.41) is 6.76. The van der Waals surface area contributed by atoms with E-state index in [-0.39, 0.29) is 0 Å². The van der Waals surface area contributed by atoms with Crippen molar-refractivity contribution in [2.75, 3.05) is 10.6 Å². The largest absolute Gasteiger partial charge is 0.356 e. The number of aliphatic imine (C=N–C) groups is 2. The van der Waals surface area contributed by atoms with Crippen LogP contribution in [0.25, 0.3) is 0 Å². The Labute approximate surface area is 189 Å². The zero-order valence-electron chi connectivity index (χ0n) is 18.3. The Hall–Kier alpha value is -4.18. The van der Waals surface area contributed by atoms with Crippen LogP contribution in [-0.4, -0.2) is 11.4 Å². The van der Waals surface area contributed by atoms with E-state index in [0.29, 0.717) is 0 Å². The van der Waals surface area contributed by atoms with Gasteiger partial charge in [0.1, 0.15) is 0 Å². The SMILES string of the molecule is CC(=Nc1ccc(Nc2ccccc2)cc1)C(C)=Nc1ccc(Nc2ccccc2)cc1. The topological polar surface area (TPSA) is 48.8 Å². The molecule has 0 aliphatic rings. The number of nitrogens with zero attached hydrogens (tertiary/aromatic N) is 2. The molecule has 0 bridgehead atoms. The maximum absolute atomic E-state index is 4.72. The first-order valence-electron chi connectivity index (χ1n) is 10.6. The van der Waals surface area contributed by atoms with Gasteiger partial charge in [0.25, 0.3) is 0 Å². The molecular formula is C28H26N4. The summed E-state index contributed by atoms with van der Waals surface area (Å²) in [5.41, 5.74) is 7.77. The second-order valence-corrected chi connectivity index (χ2v) is 7.47. The molecule has 0 aliphatic heterocycles. The second kappa shape index (κ2) is 10.2. The van der Waals surface area contributed by atoms with Gasteiger partial charge in [-0.15, -0.1) is 0 Å². The van der Waals surface area contributed by atoms with E-state index in [4.69, 9.17) is 9.98 Å². The molecule has 4 aromatic carbocycles. The van der Waals surface area contributed by atoms with Crippen LogP contribution in [0.15, 0.2) is 119 Å². The van der Waals surface area contributed by atoms with Gasteiger partial charge in [0.05, 0.1) is 22.8 Å². The smallest absolute Gasteiger partial charge is 0.0635 e. The minimum Gasteiger partial charge on any atom is -0.356 e. The van der Waals surface area contributed by atoms with Crippen LogP contribution in [0.4, 0.5) is 34.1 Å². The van der Waals surface area contributed by atoms with Gasteiger partial charge >= 0.3 is 0 Å². The zero-order valence-corrected chi connectivity index (χ0v) is 18.3. The maximum atomic E-state index is 4.72. The van der Waals surface area contributed by atoms with E-state index in [9.17, 15) is 0 Å². The summed E-state index contributed by atoms with van der Waals surface area (Å²) in [6, 6.07) is 36.4. The number of hydrogen-bond donors (Lipinski definition) is 2. The number of rotatable bonds is 7. The molecule has 4 heteroatoms. The summed E-state index contributed by atoms with van der Waals surface area (Å²) in [7, 11) is 0. The molecular weight excluding hydrogens is 392 g/mol. The molecule has 0 heterocycles. The van der Waals surface area contributed by atoms with Gasteiger partial charge in [-0.2, -0.15) is 0 Å². The Morgan fingerprint density at radius 1 is 0.438 bits per heavy atom. The van der Waals surface area contributed by atoms with E-state index in [1.54, 1.807) is 0 Å². The lowest BCUT2D eigenvalue weighted by molar-refractivity contribution is 1.46. The van der Waals surface area contributed by atoms with E-state index in [0.717, 1.165) is 45.5 Å². The van der Waals surface area contributed by atoms with Crippen LogP contribution in [0.3, 0.4) is 0 Å². The van der Waals surface area contributed by atoms with E-state index in [1.807, 2.05) is 123 Å². The molecule has 0 saturated heterocycles. The molecule has 0 fully saturated rings. The van der Waals surface area contributed by atoms with Crippen LogP contribution in [0.2, 0.25) is 0 Å². The standard InChI is InChI=1S/C28H26N4/c1-21(29-25-13-17-27(18-14-25)31-23-9-5-3-6-10-23)22(2)30-26-15-19-28(20-16-26)32-24-11-7-4-8-12-24/h3-20,31-32H,1-2H3. The molecule has 0 spiro atoms. The summed E-state index contributed by atoms with van der Waals surface area (Å²) >= 11 is 0. The first kappa shape index (κ1) is 21.1. The fourth-order valence-electron chi connectivity index (χ4n) is 3.16. The minimum atomic E-state index is 0.889. The van der Waals surface area contributed by atoms with Crippen molar-refractivity contribution in [3.05, 3.63) is 109 Å². The molecule has 4 aromatic rings. The minimum absolute atomic E-state index is 0.889. The highest BCUT2D eigenvalue weighted by atomic mass is 14.9. The normalized spacial score (nSPS) is 11.8. The van der Waals surface area contributed by atoms with Crippen molar-refractivity contribution in [1.29, 1.82) is 0 Å². The molecule has 4 rings (SSSR count). The van der Waals surface area contributed by atoms with Crippen LogP contribution in [-0.2, 0) is 0 Å². The summed E-state index contributed by atoms with van der Waals surface area (Å²) in [6.45, 7) is 3.97. The Balaban J connectivity index is 1.40. The summed E-state index contributed by atoms with van der Waals surface area (Å²) in [5.74, 6) is 0. The molecule has 2 N–H and O–H groups in total. The van der Waals surface area contributed by atoms with Gasteiger partial charge in [-0.1, -0.05) is 36.4 Å². The zero-order chi connectivity index (χ0) is 22.2. The molecule has 0 radical (unpaired) electrons. The van der Waals surface area contributed by atoms with Gasteiger partial charge < -0.3 is 10.6 Å². The molecule has 0 saturated carbocycles. The number of anilines is 4. The summed E-state index contributed by atoms with van der Waals surface area (Å²) < 4.78 is 0. The lowest BCUT2D eigenvalue weighted by Gasteiger charge is -2.07. The van der Waals surface area contributed by atoms with Crippen LogP contribution < -0.4 is 10.6 Å². The maximum Gasteiger partial charge on any atom is 0.0635 e. The summed E-state index contributed by atoms with van der Waals surface area (Å²) in [4.78, 5) is 9.44. The number of benzene rings is 4. The Morgan fingerprint density at radius 3 is 1.09 bits per heavy atom. The van der Waals surface area contributed by atoms with Gasteiger partial charge in [-0.25, -0.2) is 0 Å². The van der Waals surface area contributed by atoms with Crippen molar-refractivity contribution in [2.24, 2.45) is 9.98 Å². The van der Waals surface area contributed by atoms with Gasteiger partial charge in [-0.3, -0.25) is 9.98 Å². The monoisotopic (exact) mass is 418 g/mol. The molecule has 0 amide bonds. The van der Waals surface area contributed by atoms with Gasteiger partial charge in [-0.05, 0) is 86.6 Å². The third-order valence-electron chi connectivity index (χ3n) is 4.98. The molecule has 158 valence electrons. The highest BCUT2D eigenvalue weighted by Gasteiger charge is 2.01. The quantitative estimate of drug-likeness (QED) is 0.298. The predicted molar refractivity (Wildman–Crippen MR) is 138 cm³/mol. The number of para-hydroxylation sites is 2. The first-order chi connectivity index (χ1) is 15.7. The number of nitrogens with one attached hydrogen (secondary N) is 2. The van der Waals surface area contributed by atoms with E-state index < -0.39 is 0 Å². The van der Waals surface area contributed by atoms with Crippen molar-refractivity contribution in [1.82, 2.24) is 0 Å². The Morgan fingerprint density at radius 2 is 0.750 bits per heavy atom. The number of hydrogen-bond acceptors (Lipinski definition) is 4. The second-order valence-electron chi connectivity index (χ2n) is 7.47. The first-order valence-corrected chi connectivity index (χ1v) is 10.6. The molecule has 0 aromatic heterocycles. The highest BCUT2D eigenvalue weighted by molar-refractivity contribution is 6.41. The molecule has 4 nitrogen and oxygen atoms in total. The molecule has 0 unspecified atom stereocenters. The van der Waals surface area contributed by atoms with E-state index >= 15 is 0 Å². The Kier molecular flexibility index (Phi) is 6.73. The van der Waals surface area contributed by atoms with Crippen molar-refractivity contribution < 1.29 is 0 Å². The lowest BCUT2D eigenvalue weighted by Crippen LogP contribution is -2.04. The van der Waals surface area contributed by atoms with Crippen molar-refractivity contribution in [3.63, 3.8) is 0 Å². The third kappa shape index (κ3) is 5.92. The Bertz CT molecular complexity index is 1100. The van der Waals surface area contributed by atoms with E-state index in [1.165, 1.54) is 0 Å². The fraction of sp³-hybridized carbons (Fsp3) is 0.0714. The van der Waals surface area contributed by atoms with Crippen LogP contribution in [0, 0.1) is 0 Å². The molecule has 0 aliphatic carbocycles.